The predicted octanol–water partition coefficient (Wildman–Crippen LogP) is 4.03. The molecule has 9 nitrogen and oxygen atoms in total. The highest BCUT2D eigenvalue weighted by Gasteiger charge is 2.30. The smallest absolute Gasteiger partial charge is 0.242 e. The van der Waals surface area contributed by atoms with Crippen LogP contribution in [0.1, 0.15) is 30.9 Å². The van der Waals surface area contributed by atoms with E-state index in [1.165, 1.54) is 4.31 Å². The molecule has 0 aromatic heterocycles. The van der Waals surface area contributed by atoms with Crippen LogP contribution in [0.4, 0.5) is 5.69 Å². The SMILES string of the molecule is CCOc1ccc(N(CCCC(=O)N(Cc2cccc(OC)c2)C(Cc2ccccc2)C(=O)NC)S(C)(=O)=O)cc1. The van der Waals surface area contributed by atoms with Crippen molar-refractivity contribution in [1.82, 2.24) is 10.2 Å². The Kier molecular flexibility index (Phi) is 11.6. The zero-order valence-corrected chi connectivity index (χ0v) is 24.9. The molecule has 0 saturated carbocycles. The Morgan fingerprint density at radius 1 is 0.927 bits per heavy atom. The number of nitrogens with zero attached hydrogens (tertiary/aromatic N) is 2. The van der Waals surface area contributed by atoms with Crippen LogP contribution in [0, 0.1) is 0 Å². The minimum Gasteiger partial charge on any atom is -0.497 e. The maximum Gasteiger partial charge on any atom is 0.242 e. The van der Waals surface area contributed by atoms with E-state index in [1.54, 1.807) is 43.3 Å². The van der Waals surface area contributed by atoms with Gasteiger partial charge in [-0.05, 0) is 60.9 Å². The minimum absolute atomic E-state index is 0.0509. The fourth-order valence-corrected chi connectivity index (χ4v) is 5.53. The largest absolute Gasteiger partial charge is 0.497 e. The van der Waals surface area contributed by atoms with Gasteiger partial charge < -0.3 is 19.7 Å². The van der Waals surface area contributed by atoms with Gasteiger partial charge in [-0.3, -0.25) is 13.9 Å². The average Bonchev–Trinajstić information content (AvgIpc) is 2.97. The molecule has 0 spiro atoms. The summed E-state index contributed by atoms with van der Waals surface area (Å²) in [4.78, 5) is 28.5. The number of carbonyl (C=O) groups excluding carboxylic acids is 2. The molecule has 2 amide bonds. The summed E-state index contributed by atoms with van der Waals surface area (Å²) in [5.41, 5.74) is 2.22. The van der Waals surface area contributed by atoms with Crippen LogP contribution < -0.4 is 19.1 Å². The van der Waals surface area contributed by atoms with E-state index in [0.717, 1.165) is 17.4 Å². The van der Waals surface area contributed by atoms with Crippen molar-refractivity contribution in [3.63, 3.8) is 0 Å². The Labute approximate surface area is 243 Å². The van der Waals surface area contributed by atoms with Crippen LogP contribution in [0.15, 0.2) is 78.9 Å². The van der Waals surface area contributed by atoms with Gasteiger partial charge in [-0.15, -0.1) is 0 Å². The van der Waals surface area contributed by atoms with Crippen LogP contribution in [0.5, 0.6) is 11.5 Å². The lowest BCUT2D eigenvalue weighted by Gasteiger charge is -2.31. The number of rotatable bonds is 15. The van der Waals surface area contributed by atoms with Gasteiger partial charge in [0.2, 0.25) is 21.8 Å². The number of nitrogens with one attached hydrogen (secondary N) is 1. The van der Waals surface area contributed by atoms with Crippen molar-refractivity contribution in [2.24, 2.45) is 0 Å². The summed E-state index contributed by atoms with van der Waals surface area (Å²) in [6.07, 6.45) is 1.79. The molecule has 1 unspecified atom stereocenters. The van der Waals surface area contributed by atoms with Gasteiger partial charge in [-0.25, -0.2) is 8.42 Å². The summed E-state index contributed by atoms with van der Waals surface area (Å²) in [6.45, 7) is 2.68. The summed E-state index contributed by atoms with van der Waals surface area (Å²) in [5.74, 6) is 0.759. The first-order chi connectivity index (χ1) is 19.7. The minimum atomic E-state index is -3.60. The van der Waals surface area contributed by atoms with E-state index in [4.69, 9.17) is 9.47 Å². The number of hydrogen-bond donors (Lipinski definition) is 1. The van der Waals surface area contributed by atoms with Crippen LogP contribution >= 0.6 is 0 Å². The van der Waals surface area contributed by atoms with Crippen LogP contribution in [0.2, 0.25) is 0 Å². The number of amides is 2. The standard InChI is InChI=1S/C31H39N3O6S/c1-5-40-27-18-16-26(17-19-27)34(41(4,37)38)20-10-15-30(35)33(23-25-13-9-14-28(21-25)39-3)29(31(36)32-2)22-24-11-7-6-8-12-24/h6-9,11-14,16-19,21,29H,5,10,15,20,22-23H2,1-4H3,(H,32,36). The van der Waals surface area contributed by atoms with Crippen molar-refractivity contribution in [2.45, 2.75) is 38.8 Å². The van der Waals surface area contributed by atoms with E-state index in [1.807, 2.05) is 61.5 Å². The molecule has 1 atom stereocenters. The Hall–Kier alpha value is -4.05. The van der Waals surface area contributed by atoms with Crippen LogP contribution in [0.25, 0.3) is 0 Å². The van der Waals surface area contributed by atoms with Gasteiger partial charge in [0.1, 0.15) is 17.5 Å². The maximum atomic E-state index is 13.8. The van der Waals surface area contributed by atoms with Gasteiger partial charge >= 0.3 is 0 Å². The molecule has 0 saturated heterocycles. The molecule has 0 heterocycles. The van der Waals surface area contributed by atoms with Crippen LogP contribution in [-0.4, -0.2) is 64.7 Å². The third-order valence-electron chi connectivity index (χ3n) is 6.59. The number of carbonyl (C=O) groups is 2. The Bertz CT molecular complexity index is 1380. The highest BCUT2D eigenvalue weighted by molar-refractivity contribution is 7.92. The normalized spacial score (nSPS) is 11.8. The third kappa shape index (κ3) is 9.24. The molecular weight excluding hydrogens is 542 g/mol. The Morgan fingerprint density at radius 2 is 1.61 bits per heavy atom. The van der Waals surface area contributed by atoms with Gasteiger partial charge in [0.25, 0.3) is 0 Å². The predicted molar refractivity (Wildman–Crippen MR) is 161 cm³/mol. The topological polar surface area (TPSA) is 105 Å². The molecule has 41 heavy (non-hydrogen) atoms. The van der Waals surface area contributed by atoms with Gasteiger partial charge in [0.05, 0.1) is 25.7 Å². The highest BCUT2D eigenvalue weighted by atomic mass is 32.2. The maximum absolute atomic E-state index is 13.8. The van der Waals surface area contributed by atoms with Gasteiger partial charge in [0, 0.05) is 33.0 Å². The number of benzene rings is 3. The monoisotopic (exact) mass is 581 g/mol. The zero-order valence-electron chi connectivity index (χ0n) is 24.1. The number of sulfonamides is 1. The molecule has 0 aliphatic rings. The molecule has 0 aliphatic heterocycles. The number of likely N-dealkylation sites (N-methyl/N-ethyl adjacent to an activating group) is 1. The number of hydrogen-bond acceptors (Lipinski definition) is 6. The summed E-state index contributed by atoms with van der Waals surface area (Å²) < 4.78 is 37.4. The third-order valence-corrected chi connectivity index (χ3v) is 7.79. The van der Waals surface area contributed by atoms with Crippen molar-refractivity contribution in [2.75, 3.05) is 37.9 Å². The average molecular weight is 582 g/mol. The van der Waals surface area contributed by atoms with E-state index >= 15 is 0 Å². The van der Waals surface area contributed by atoms with Gasteiger partial charge in [0.15, 0.2) is 0 Å². The summed E-state index contributed by atoms with van der Waals surface area (Å²) in [6, 6.07) is 22.9. The Morgan fingerprint density at radius 3 is 2.22 bits per heavy atom. The highest BCUT2D eigenvalue weighted by Crippen LogP contribution is 2.23. The van der Waals surface area contributed by atoms with E-state index in [0.29, 0.717) is 30.2 Å². The van der Waals surface area contributed by atoms with Crippen molar-refractivity contribution >= 4 is 27.5 Å². The first-order valence-electron chi connectivity index (χ1n) is 13.5. The fraction of sp³-hybridized carbons (Fsp3) is 0.355. The van der Waals surface area contributed by atoms with Crippen molar-refractivity contribution in [3.05, 3.63) is 90.0 Å². The van der Waals surface area contributed by atoms with Crippen LogP contribution in [0.3, 0.4) is 0 Å². The van der Waals surface area contributed by atoms with Gasteiger partial charge in [-0.1, -0.05) is 42.5 Å². The Balaban J connectivity index is 1.84. The summed E-state index contributed by atoms with van der Waals surface area (Å²) in [7, 11) is -0.479. The number of methoxy groups -OCH3 is 1. The molecule has 3 aromatic carbocycles. The quantitative estimate of drug-likeness (QED) is 0.291. The molecule has 1 N–H and O–H groups in total. The van der Waals surface area contributed by atoms with E-state index in [-0.39, 0.29) is 37.7 Å². The molecule has 220 valence electrons. The molecule has 0 bridgehead atoms. The summed E-state index contributed by atoms with van der Waals surface area (Å²) in [5, 5.41) is 2.70. The second-order valence-electron chi connectivity index (χ2n) is 9.56. The zero-order chi connectivity index (χ0) is 29.8. The fourth-order valence-electron chi connectivity index (χ4n) is 4.57. The lowest BCUT2D eigenvalue weighted by molar-refractivity contribution is -0.141. The van der Waals surface area contributed by atoms with Crippen LogP contribution in [-0.2, 0) is 32.6 Å². The molecule has 0 aliphatic carbocycles. The molecule has 3 aromatic rings. The number of anilines is 1. The number of ether oxygens (including phenoxy) is 2. The second-order valence-corrected chi connectivity index (χ2v) is 11.5. The molecule has 0 fully saturated rings. The summed E-state index contributed by atoms with van der Waals surface area (Å²) >= 11 is 0. The second kappa shape index (κ2) is 15.1. The van der Waals surface area contributed by atoms with Crippen molar-refractivity contribution in [3.8, 4) is 11.5 Å². The van der Waals surface area contributed by atoms with E-state index < -0.39 is 16.1 Å². The molecule has 10 heteroatoms. The van der Waals surface area contributed by atoms with Crippen molar-refractivity contribution in [1.29, 1.82) is 0 Å². The molecular formula is C31H39N3O6S. The molecule has 0 radical (unpaired) electrons. The molecule has 3 rings (SSSR count). The van der Waals surface area contributed by atoms with Gasteiger partial charge in [-0.2, -0.15) is 0 Å². The van der Waals surface area contributed by atoms with E-state index in [2.05, 4.69) is 5.32 Å². The first-order valence-corrected chi connectivity index (χ1v) is 15.4. The van der Waals surface area contributed by atoms with Crippen molar-refractivity contribution < 1.29 is 27.5 Å². The van der Waals surface area contributed by atoms with E-state index in [9.17, 15) is 18.0 Å². The first kappa shape index (κ1) is 31.5. The lowest BCUT2D eigenvalue weighted by Crippen LogP contribution is -2.49. The lowest BCUT2D eigenvalue weighted by atomic mass is 10.0.